The van der Waals surface area contributed by atoms with Crippen LogP contribution < -0.4 is 5.32 Å². The predicted molar refractivity (Wildman–Crippen MR) is 77.9 cm³/mol. The van der Waals surface area contributed by atoms with Crippen LogP contribution >= 0.6 is 0 Å². The van der Waals surface area contributed by atoms with Crippen molar-refractivity contribution in [2.75, 3.05) is 7.05 Å². The first kappa shape index (κ1) is 11.4. The van der Waals surface area contributed by atoms with E-state index in [0.29, 0.717) is 6.04 Å². The number of benzene rings is 1. The molecule has 0 radical (unpaired) electrons. The maximum Gasteiger partial charge on any atom is 0.0749 e. The fourth-order valence-corrected chi connectivity index (χ4v) is 4.06. The molecule has 4 rings (SSSR count). The monoisotopic (exact) mass is 252 g/mol. The summed E-state index contributed by atoms with van der Waals surface area (Å²) >= 11 is 0. The summed E-state index contributed by atoms with van der Waals surface area (Å²) in [6.45, 7) is 0. The highest BCUT2D eigenvalue weighted by atomic mass is 14.9. The molecule has 0 amide bonds. The Hall–Kier alpha value is -1.41. The number of nitrogens with one attached hydrogen (secondary N) is 1. The lowest BCUT2D eigenvalue weighted by Gasteiger charge is -2.25. The van der Waals surface area contributed by atoms with Crippen LogP contribution in [0.2, 0.25) is 0 Å². The van der Waals surface area contributed by atoms with Gasteiger partial charge in [0.1, 0.15) is 0 Å². The number of para-hydroxylation sites is 1. The summed E-state index contributed by atoms with van der Waals surface area (Å²) in [5.74, 6) is 2.86. The van der Waals surface area contributed by atoms with Crippen molar-refractivity contribution >= 4 is 10.9 Å². The lowest BCUT2D eigenvalue weighted by molar-refractivity contribution is 0.361. The molecule has 3 unspecified atom stereocenters. The number of fused-ring (bicyclic) bond motifs is 2. The Balaban J connectivity index is 1.74. The largest absolute Gasteiger partial charge is 0.313 e. The second kappa shape index (κ2) is 4.31. The Morgan fingerprint density at radius 3 is 2.68 bits per heavy atom. The van der Waals surface area contributed by atoms with E-state index in [4.69, 9.17) is 0 Å². The minimum atomic E-state index is 0.464. The molecular formula is C17H20N2. The van der Waals surface area contributed by atoms with Gasteiger partial charge < -0.3 is 5.32 Å². The Kier molecular flexibility index (Phi) is 2.59. The van der Waals surface area contributed by atoms with Crippen LogP contribution in [-0.4, -0.2) is 12.0 Å². The van der Waals surface area contributed by atoms with Gasteiger partial charge in [0, 0.05) is 17.6 Å². The lowest BCUT2D eigenvalue weighted by Crippen LogP contribution is -2.25. The standard InChI is InChI=1S/C17H20N2/c1-18-16(14-9-12-8-13(12)10-14)15-6-2-4-11-5-3-7-19-17(11)15/h2-7,12-14,16,18H,8-10H2,1H3. The van der Waals surface area contributed by atoms with Crippen molar-refractivity contribution in [1.29, 1.82) is 0 Å². The third kappa shape index (κ3) is 1.86. The van der Waals surface area contributed by atoms with Crippen molar-refractivity contribution in [3.63, 3.8) is 0 Å². The van der Waals surface area contributed by atoms with Gasteiger partial charge in [0.25, 0.3) is 0 Å². The summed E-state index contributed by atoms with van der Waals surface area (Å²) in [5, 5.41) is 4.81. The molecule has 1 aromatic heterocycles. The van der Waals surface area contributed by atoms with Crippen molar-refractivity contribution in [3.8, 4) is 0 Å². The first-order valence-corrected chi connectivity index (χ1v) is 7.37. The first-order valence-electron chi connectivity index (χ1n) is 7.37. The van der Waals surface area contributed by atoms with E-state index >= 15 is 0 Å². The van der Waals surface area contributed by atoms with E-state index in [9.17, 15) is 0 Å². The molecule has 0 aliphatic heterocycles. The molecule has 2 aromatic rings. The third-order valence-electron chi connectivity index (χ3n) is 5.06. The molecule has 2 aliphatic rings. The van der Waals surface area contributed by atoms with Gasteiger partial charge in [0.15, 0.2) is 0 Å². The fourth-order valence-electron chi connectivity index (χ4n) is 4.06. The van der Waals surface area contributed by atoms with Gasteiger partial charge in [-0.25, -0.2) is 0 Å². The van der Waals surface area contributed by atoms with Gasteiger partial charge in [-0.1, -0.05) is 24.3 Å². The predicted octanol–water partition coefficient (Wildman–Crippen LogP) is 3.54. The molecule has 2 aliphatic carbocycles. The molecule has 19 heavy (non-hydrogen) atoms. The number of hydrogen-bond donors (Lipinski definition) is 1. The van der Waals surface area contributed by atoms with Crippen LogP contribution in [0.15, 0.2) is 36.5 Å². The topological polar surface area (TPSA) is 24.9 Å². The van der Waals surface area contributed by atoms with E-state index in [1.807, 2.05) is 12.3 Å². The SMILES string of the molecule is CNC(c1cccc2cccnc12)C1CC2CC2C1. The van der Waals surface area contributed by atoms with Crippen molar-refractivity contribution < 1.29 is 0 Å². The Morgan fingerprint density at radius 1 is 1.11 bits per heavy atom. The van der Waals surface area contributed by atoms with Crippen LogP contribution in [0.3, 0.4) is 0 Å². The van der Waals surface area contributed by atoms with Crippen LogP contribution in [0.5, 0.6) is 0 Å². The number of nitrogens with zero attached hydrogens (tertiary/aromatic N) is 1. The highest BCUT2D eigenvalue weighted by Crippen LogP contribution is 2.57. The first-order chi connectivity index (χ1) is 9.36. The van der Waals surface area contributed by atoms with Gasteiger partial charge in [-0.15, -0.1) is 0 Å². The zero-order valence-electron chi connectivity index (χ0n) is 11.3. The summed E-state index contributed by atoms with van der Waals surface area (Å²) in [4.78, 5) is 4.61. The van der Waals surface area contributed by atoms with E-state index in [0.717, 1.165) is 17.8 Å². The van der Waals surface area contributed by atoms with Crippen LogP contribution in [0, 0.1) is 17.8 Å². The average Bonchev–Trinajstić information content (AvgIpc) is 3.07. The van der Waals surface area contributed by atoms with Crippen molar-refractivity contribution in [3.05, 3.63) is 42.1 Å². The summed E-state index contributed by atoms with van der Waals surface area (Å²) < 4.78 is 0. The van der Waals surface area contributed by atoms with Crippen molar-refractivity contribution in [2.45, 2.75) is 25.3 Å². The minimum absolute atomic E-state index is 0.464. The zero-order chi connectivity index (χ0) is 12.8. The second-order valence-corrected chi connectivity index (χ2v) is 6.18. The summed E-state index contributed by atoms with van der Waals surface area (Å²) in [6, 6.07) is 11.2. The molecule has 98 valence electrons. The lowest BCUT2D eigenvalue weighted by atomic mass is 9.88. The molecular weight excluding hydrogens is 232 g/mol. The quantitative estimate of drug-likeness (QED) is 0.903. The van der Waals surface area contributed by atoms with Crippen LogP contribution in [-0.2, 0) is 0 Å². The third-order valence-corrected chi connectivity index (χ3v) is 5.06. The molecule has 2 fully saturated rings. The van der Waals surface area contributed by atoms with Gasteiger partial charge in [-0.3, -0.25) is 4.98 Å². The smallest absolute Gasteiger partial charge is 0.0749 e. The zero-order valence-corrected chi connectivity index (χ0v) is 11.3. The molecule has 2 saturated carbocycles. The number of rotatable bonds is 3. The average molecular weight is 252 g/mol. The van der Waals surface area contributed by atoms with Gasteiger partial charge in [0.05, 0.1) is 5.52 Å². The molecule has 3 atom stereocenters. The maximum absolute atomic E-state index is 4.61. The Morgan fingerprint density at radius 2 is 1.89 bits per heavy atom. The van der Waals surface area contributed by atoms with Crippen LogP contribution in [0.25, 0.3) is 10.9 Å². The second-order valence-electron chi connectivity index (χ2n) is 6.18. The molecule has 0 bridgehead atoms. The minimum Gasteiger partial charge on any atom is -0.313 e. The summed E-state index contributed by atoms with van der Waals surface area (Å²) in [5.41, 5.74) is 2.55. The van der Waals surface area contributed by atoms with Crippen LogP contribution in [0.4, 0.5) is 0 Å². The van der Waals surface area contributed by atoms with E-state index in [2.05, 4.69) is 41.6 Å². The molecule has 1 N–H and O–H groups in total. The number of pyridine rings is 1. The van der Waals surface area contributed by atoms with Gasteiger partial charge in [-0.05, 0) is 55.7 Å². The van der Waals surface area contributed by atoms with Gasteiger partial charge >= 0.3 is 0 Å². The van der Waals surface area contributed by atoms with E-state index in [1.54, 1.807) is 0 Å². The number of aromatic nitrogens is 1. The number of hydrogen-bond acceptors (Lipinski definition) is 2. The van der Waals surface area contributed by atoms with E-state index in [-0.39, 0.29) is 0 Å². The fraction of sp³-hybridized carbons (Fsp3) is 0.471. The molecule has 0 saturated heterocycles. The summed E-state index contributed by atoms with van der Waals surface area (Å²) in [6.07, 6.45) is 6.20. The molecule has 2 nitrogen and oxygen atoms in total. The van der Waals surface area contributed by atoms with Gasteiger partial charge in [-0.2, -0.15) is 0 Å². The van der Waals surface area contributed by atoms with E-state index < -0.39 is 0 Å². The van der Waals surface area contributed by atoms with E-state index in [1.165, 1.54) is 35.7 Å². The van der Waals surface area contributed by atoms with Crippen LogP contribution in [0.1, 0.15) is 30.9 Å². The molecule has 1 aromatic carbocycles. The van der Waals surface area contributed by atoms with Crippen molar-refractivity contribution in [2.24, 2.45) is 17.8 Å². The van der Waals surface area contributed by atoms with Crippen molar-refractivity contribution in [1.82, 2.24) is 10.3 Å². The highest BCUT2D eigenvalue weighted by molar-refractivity contribution is 5.82. The normalized spacial score (nSPS) is 30.3. The Bertz CT molecular complexity index is 592. The Labute approximate surface area is 114 Å². The maximum atomic E-state index is 4.61. The summed E-state index contributed by atoms with van der Waals surface area (Å²) in [7, 11) is 2.09. The molecule has 0 spiro atoms. The molecule has 2 heteroatoms. The molecule has 1 heterocycles. The van der Waals surface area contributed by atoms with Gasteiger partial charge in [0.2, 0.25) is 0 Å². The highest BCUT2D eigenvalue weighted by Gasteiger charge is 2.48.